The van der Waals surface area contributed by atoms with Crippen LogP contribution in [0.4, 0.5) is 18.0 Å². The van der Waals surface area contributed by atoms with Crippen molar-refractivity contribution >= 4 is 6.09 Å². The molecular weight excluding hydrogens is 503 g/mol. The van der Waals surface area contributed by atoms with Crippen molar-refractivity contribution in [2.45, 2.75) is 72.1 Å². The molecule has 0 bridgehead atoms. The van der Waals surface area contributed by atoms with Gasteiger partial charge in [-0.2, -0.15) is 0 Å². The fraction of sp³-hybridized carbons (Fsp3) is 0.452. The largest absolute Gasteiger partial charge is 0.465 e. The zero-order valence-corrected chi connectivity index (χ0v) is 23.6. The van der Waals surface area contributed by atoms with Crippen LogP contribution >= 0.6 is 0 Å². The first-order valence-corrected chi connectivity index (χ1v) is 13.2. The van der Waals surface area contributed by atoms with E-state index in [1.54, 1.807) is 20.8 Å². The second-order valence-electron chi connectivity index (χ2n) is 12.1. The molecule has 0 aliphatic heterocycles. The quantitative estimate of drug-likeness (QED) is 0.276. The van der Waals surface area contributed by atoms with Crippen molar-refractivity contribution in [3.63, 3.8) is 0 Å². The Hall–Kier alpha value is -3.26. The van der Waals surface area contributed by atoms with E-state index in [0.717, 1.165) is 23.4 Å². The van der Waals surface area contributed by atoms with E-state index in [1.165, 1.54) is 11.0 Å². The second kappa shape index (κ2) is 12.3. The molecule has 2 aromatic carbocycles. The Morgan fingerprint density at radius 3 is 2.26 bits per heavy atom. The molecule has 1 amide bonds. The SMILES string of the molecule is CC(C)(C)[C@@H](NCCC(CF)N(C(=O)O)C(C)(C)C)c1cc(-c2cc(F)ccc2F)cn1Cc1ccccc1. The predicted molar refractivity (Wildman–Crippen MR) is 150 cm³/mol. The third-order valence-corrected chi connectivity index (χ3v) is 6.82. The molecule has 0 saturated heterocycles. The minimum absolute atomic E-state index is 0.176. The van der Waals surface area contributed by atoms with Crippen molar-refractivity contribution in [3.8, 4) is 11.1 Å². The maximum atomic E-state index is 14.7. The summed E-state index contributed by atoms with van der Waals surface area (Å²) in [7, 11) is 0. The number of nitrogens with zero attached hydrogens (tertiary/aromatic N) is 2. The van der Waals surface area contributed by atoms with Crippen LogP contribution in [-0.2, 0) is 6.54 Å². The number of hydrogen-bond donors (Lipinski definition) is 2. The lowest BCUT2D eigenvalue weighted by atomic mass is 9.84. The zero-order chi connectivity index (χ0) is 29.0. The summed E-state index contributed by atoms with van der Waals surface area (Å²) in [5.41, 5.74) is 1.59. The van der Waals surface area contributed by atoms with Gasteiger partial charge in [-0.3, -0.25) is 4.90 Å². The van der Waals surface area contributed by atoms with Crippen LogP contribution in [0.15, 0.2) is 60.8 Å². The number of nitrogens with one attached hydrogen (secondary N) is 1. The molecule has 5 nitrogen and oxygen atoms in total. The van der Waals surface area contributed by atoms with Crippen LogP contribution < -0.4 is 5.32 Å². The molecule has 0 fully saturated rings. The molecule has 0 saturated carbocycles. The van der Waals surface area contributed by atoms with Crippen molar-refractivity contribution in [2.24, 2.45) is 5.41 Å². The van der Waals surface area contributed by atoms with Gasteiger partial charge in [0.05, 0.1) is 12.1 Å². The number of carbonyl (C=O) groups is 1. The number of carboxylic acid groups (broad SMARTS) is 1. The first-order chi connectivity index (χ1) is 18.2. The summed E-state index contributed by atoms with van der Waals surface area (Å²) < 4.78 is 44.9. The maximum absolute atomic E-state index is 14.7. The lowest BCUT2D eigenvalue weighted by Gasteiger charge is -2.39. The van der Waals surface area contributed by atoms with Crippen LogP contribution in [-0.4, -0.2) is 45.5 Å². The van der Waals surface area contributed by atoms with Crippen LogP contribution in [0, 0.1) is 17.0 Å². The molecule has 39 heavy (non-hydrogen) atoms. The van der Waals surface area contributed by atoms with Gasteiger partial charge in [0.2, 0.25) is 0 Å². The fourth-order valence-corrected chi connectivity index (χ4v) is 5.07. The van der Waals surface area contributed by atoms with E-state index in [9.17, 15) is 23.1 Å². The number of aromatic nitrogens is 1. The summed E-state index contributed by atoms with van der Waals surface area (Å²) in [5, 5.41) is 13.3. The summed E-state index contributed by atoms with van der Waals surface area (Å²) in [5.74, 6) is -1.03. The highest BCUT2D eigenvalue weighted by molar-refractivity contribution is 5.66. The Morgan fingerprint density at radius 2 is 1.69 bits per heavy atom. The summed E-state index contributed by atoms with van der Waals surface area (Å²) in [4.78, 5) is 13.1. The molecule has 1 aromatic heterocycles. The molecule has 0 aliphatic rings. The minimum Gasteiger partial charge on any atom is -0.465 e. The van der Waals surface area contributed by atoms with E-state index in [-0.39, 0.29) is 23.4 Å². The number of amides is 1. The first-order valence-electron chi connectivity index (χ1n) is 13.2. The van der Waals surface area contributed by atoms with Crippen molar-refractivity contribution in [2.75, 3.05) is 13.2 Å². The lowest BCUT2D eigenvalue weighted by Crippen LogP contribution is -2.53. The Kier molecular flexibility index (Phi) is 9.54. The molecule has 0 spiro atoms. The van der Waals surface area contributed by atoms with Crippen molar-refractivity contribution in [1.82, 2.24) is 14.8 Å². The number of alkyl halides is 1. The molecule has 0 aliphatic carbocycles. The van der Waals surface area contributed by atoms with Gasteiger partial charge in [0.15, 0.2) is 0 Å². The molecule has 1 unspecified atom stereocenters. The van der Waals surface area contributed by atoms with Gasteiger partial charge in [0.25, 0.3) is 0 Å². The van der Waals surface area contributed by atoms with Gasteiger partial charge >= 0.3 is 6.09 Å². The fourth-order valence-electron chi connectivity index (χ4n) is 5.07. The molecule has 3 aromatic rings. The van der Waals surface area contributed by atoms with Crippen molar-refractivity contribution in [1.29, 1.82) is 0 Å². The van der Waals surface area contributed by atoms with Crippen LogP contribution in [0.1, 0.15) is 65.3 Å². The smallest absolute Gasteiger partial charge is 0.408 e. The molecule has 212 valence electrons. The predicted octanol–water partition coefficient (Wildman–Crippen LogP) is 7.67. The van der Waals surface area contributed by atoms with Crippen molar-refractivity contribution < 1.29 is 23.1 Å². The summed E-state index contributed by atoms with van der Waals surface area (Å²) in [6, 6.07) is 14.1. The first kappa shape index (κ1) is 30.3. The molecule has 2 atom stereocenters. The van der Waals surface area contributed by atoms with E-state index in [4.69, 9.17) is 0 Å². The van der Waals surface area contributed by atoms with E-state index >= 15 is 0 Å². The van der Waals surface area contributed by atoms with Gasteiger partial charge in [-0.1, -0.05) is 51.1 Å². The highest BCUT2D eigenvalue weighted by atomic mass is 19.1. The number of halogens is 3. The molecule has 2 N–H and O–H groups in total. The number of hydrogen-bond acceptors (Lipinski definition) is 2. The van der Waals surface area contributed by atoms with Crippen LogP contribution in [0.3, 0.4) is 0 Å². The minimum atomic E-state index is -1.16. The Morgan fingerprint density at radius 1 is 1.03 bits per heavy atom. The van der Waals surface area contributed by atoms with Crippen LogP contribution in [0.2, 0.25) is 0 Å². The molecule has 0 radical (unpaired) electrons. The standard InChI is InChI=1S/C31H40F3N3O2/c1-30(2,3)28(35-15-14-24(18-32)37(29(38)39)31(4,5)6)27-16-22(25-17-23(33)12-13-26(25)34)20-36(27)19-21-10-8-7-9-11-21/h7-13,16-17,20,24,28,35H,14-15,18-19H2,1-6H3,(H,38,39)/t24?,28-/m0/s1. The van der Waals surface area contributed by atoms with Gasteiger partial charge in [0, 0.05) is 35.1 Å². The van der Waals surface area contributed by atoms with Gasteiger partial charge in [-0.25, -0.2) is 18.0 Å². The maximum Gasteiger partial charge on any atom is 0.408 e. The highest BCUT2D eigenvalue weighted by Crippen LogP contribution is 2.37. The van der Waals surface area contributed by atoms with E-state index in [2.05, 4.69) is 26.1 Å². The highest BCUT2D eigenvalue weighted by Gasteiger charge is 2.34. The Balaban J connectivity index is 1.97. The third-order valence-electron chi connectivity index (χ3n) is 6.82. The Labute approximate surface area is 229 Å². The molecule has 8 heteroatoms. The monoisotopic (exact) mass is 543 g/mol. The second-order valence-corrected chi connectivity index (χ2v) is 12.1. The van der Waals surface area contributed by atoms with Gasteiger partial charge in [-0.05, 0) is 69.0 Å². The summed E-state index contributed by atoms with van der Waals surface area (Å²) in [6.45, 7) is 11.5. The molecule has 3 rings (SSSR count). The van der Waals surface area contributed by atoms with E-state index < -0.39 is 36.0 Å². The average Bonchev–Trinajstić information content (AvgIpc) is 3.23. The van der Waals surface area contributed by atoms with Gasteiger partial charge in [-0.15, -0.1) is 0 Å². The third kappa shape index (κ3) is 7.66. The van der Waals surface area contributed by atoms with E-state index in [1.807, 2.05) is 47.2 Å². The molecule has 1 heterocycles. The van der Waals surface area contributed by atoms with Crippen molar-refractivity contribution in [3.05, 3.63) is 83.7 Å². The topological polar surface area (TPSA) is 57.5 Å². The summed E-state index contributed by atoms with van der Waals surface area (Å²) in [6.07, 6.45) is 0.949. The average molecular weight is 544 g/mol. The van der Waals surface area contributed by atoms with Gasteiger partial charge in [0.1, 0.15) is 18.3 Å². The van der Waals surface area contributed by atoms with Crippen LogP contribution in [0.25, 0.3) is 11.1 Å². The Bertz CT molecular complexity index is 1250. The van der Waals surface area contributed by atoms with Gasteiger partial charge < -0.3 is 15.0 Å². The zero-order valence-electron chi connectivity index (χ0n) is 23.6. The lowest BCUT2D eigenvalue weighted by molar-refractivity contribution is 0.0568. The van der Waals surface area contributed by atoms with Crippen LogP contribution in [0.5, 0.6) is 0 Å². The number of benzene rings is 2. The summed E-state index contributed by atoms with van der Waals surface area (Å²) >= 11 is 0. The normalized spacial score (nSPS) is 13.8. The number of rotatable bonds is 10. The molecular formula is C31H40F3N3O2. The van der Waals surface area contributed by atoms with E-state index in [0.29, 0.717) is 18.7 Å².